The Labute approximate surface area is 106 Å². The summed E-state index contributed by atoms with van der Waals surface area (Å²) in [7, 11) is 0. The van der Waals surface area contributed by atoms with E-state index in [1.54, 1.807) is 0 Å². The summed E-state index contributed by atoms with van der Waals surface area (Å²) in [6.45, 7) is 0.319. The van der Waals surface area contributed by atoms with Gasteiger partial charge in [-0.2, -0.15) is 13.2 Å². The van der Waals surface area contributed by atoms with Crippen LogP contribution in [0.2, 0.25) is 0 Å². The highest BCUT2D eigenvalue weighted by Crippen LogP contribution is 2.32. The molecular formula is C11H13F4N3O. The maximum Gasteiger partial charge on any atom is 0.419 e. The van der Waals surface area contributed by atoms with Gasteiger partial charge in [0, 0.05) is 18.7 Å². The number of oxime groups is 1. The van der Waals surface area contributed by atoms with E-state index in [9.17, 15) is 17.6 Å². The number of nitrogens with zero attached hydrogens (tertiary/aromatic N) is 1. The van der Waals surface area contributed by atoms with Crippen molar-refractivity contribution in [3.63, 3.8) is 0 Å². The van der Waals surface area contributed by atoms with Crippen LogP contribution in [0.15, 0.2) is 23.4 Å². The Morgan fingerprint density at radius 1 is 1.37 bits per heavy atom. The number of anilines is 1. The molecule has 0 radical (unpaired) electrons. The minimum Gasteiger partial charge on any atom is -0.409 e. The number of hydrogen-bond donors (Lipinski definition) is 3. The molecule has 0 atom stereocenters. The van der Waals surface area contributed by atoms with Crippen LogP contribution in [0.5, 0.6) is 0 Å². The van der Waals surface area contributed by atoms with Gasteiger partial charge in [-0.15, -0.1) is 0 Å². The second-order valence-electron chi connectivity index (χ2n) is 3.81. The van der Waals surface area contributed by atoms with Crippen LogP contribution < -0.4 is 11.1 Å². The third-order valence-electron chi connectivity index (χ3n) is 2.34. The van der Waals surface area contributed by atoms with Crippen LogP contribution in [0.1, 0.15) is 18.4 Å². The second kappa shape index (κ2) is 6.26. The number of benzene rings is 1. The van der Waals surface area contributed by atoms with Gasteiger partial charge in [0.2, 0.25) is 0 Å². The Bertz CT molecular complexity index is 460. The highest BCUT2D eigenvalue weighted by atomic mass is 19.4. The van der Waals surface area contributed by atoms with E-state index in [2.05, 4.69) is 10.5 Å². The van der Waals surface area contributed by atoms with E-state index in [4.69, 9.17) is 10.9 Å². The van der Waals surface area contributed by atoms with Crippen LogP contribution in [-0.2, 0) is 6.18 Å². The van der Waals surface area contributed by atoms with Crippen molar-refractivity contribution in [2.24, 2.45) is 10.9 Å². The molecule has 1 aromatic carbocycles. The van der Waals surface area contributed by atoms with Crippen LogP contribution in [0.25, 0.3) is 0 Å². The molecule has 0 unspecified atom stereocenters. The smallest absolute Gasteiger partial charge is 0.409 e. The normalized spacial score (nSPS) is 12.5. The monoisotopic (exact) mass is 279 g/mol. The maximum atomic E-state index is 13.0. The third kappa shape index (κ3) is 4.65. The van der Waals surface area contributed by atoms with Crippen molar-refractivity contribution in [1.29, 1.82) is 0 Å². The van der Waals surface area contributed by atoms with E-state index in [0.29, 0.717) is 25.5 Å². The zero-order chi connectivity index (χ0) is 14.5. The quantitative estimate of drug-likeness (QED) is 0.194. The number of nitrogens with two attached hydrogens (primary N) is 1. The molecule has 1 aromatic rings. The highest BCUT2D eigenvalue weighted by molar-refractivity contribution is 5.79. The van der Waals surface area contributed by atoms with Crippen molar-refractivity contribution in [2.45, 2.75) is 19.0 Å². The first-order valence-electron chi connectivity index (χ1n) is 5.41. The highest BCUT2D eigenvalue weighted by Gasteiger charge is 2.34. The van der Waals surface area contributed by atoms with Crippen molar-refractivity contribution >= 4 is 11.5 Å². The predicted molar refractivity (Wildman–Crippen MR) is 62.5 cm³/mol. The zero-order valence-electron chi connectivity index (χ0n) is 9.84. The summed E-state index contributed by atoms with van der Waals surface area (Å²) in [5.41, 5.74) is 4.08. The van der Waals surface area contributed by atoms with E-state index >= 15 is 0 Å². The molecule has 0 heterocycles. The number of alkyl halides is 3. The first-order valence-corrected chi connectivity index (χ1v) is 5.41. The standard InChI is InChI=1S/C11H13F4N3O/c12-9-4-3-7(6-8(9)11(13,14)15)17-5-1-2-10(16)18-19/h3-4,6,17,19H,1-2,5H2,(H2,16,18). The Balaban J connectivity index is 2.61. The van der Waals surface area contributed by atoms with Gasteiger partial charge in [0.05, 0.1) is 5.56 Å². The molecule has 0 aliphatic rings. The van der Waals surface area contributed by atoms with Crippen molar-refractivity contribution in [3.05, 3.63) is 29.6 Å². The predicted octanol–water partition coefficient (Wildman–Crippen LogP) is 2.78. The van der Waals surface area contributed by atoms with Gasteiger partial charge in [0.1, 0.15) is 11.7 Å². The number of halogens is 4. The number of rotatable bonds is 5. The fourth-order valence-electron chi connectivity index (χ4n) is 1.40. The zero-order valence-corrected chi connectivity index (χ0v) is 9.84. The minimum absolute atomic E-state index is 0.0388. The lowest BCUT2D eigenvalue weighted by Gasteiger charge is -2.11. The molecule has 0 saturated carbocycles. The molecular weight excluding hydrogens is 266 g/mol. The average molecular weight is 279 g/mol. The van der Waals surface area contributed by atoms with Gasteiger partial charge in [0.15, 0.2) is 0 Å². The first-order chi connectivity index (χ1) is 8.84. The molecule has 8 heteroatoms. The lowest BCUT2D eigenvalue weighted by Crippen LogP contribution is -2.14. The molecule has 0 aliphatic carbocycles. The van der Waals surface area contributed by atoms with Crippen LogP contribution in [0.4, 0.5) is 23.2 Å². The van der Waals surface area contributed by atoms with Gasteiger partial charge in [-0.3, -0.25) is 0 Å². The molecule has 106 valence electrons. The Morgan fingerprint density at radius 2 is 2.05 bits per heavy atom. The van der Waals surface area contributed by atoms with Crippen molar-refractivity contribution < 1.29 is 22.8 Å². The van der Waals surface area contributed by atoms with E-state index in [-0.39, 0.29) is 11.5 Å². The van der Waals surface area contributed by atoms with Crippen LogP contribution in [0, 0.1) is 5.82 Å². The van der Waals surface area contributed by atoms with Crippen molar-refractivity contribution in [2.75, 3.05) is 11.9 Å². The van der Waals surface area contributed by atoms with Gasteiger partial charge >= 0.3 is 6.18 Å². The van der Waals surface area contributed by atoms with Gasteiger partial charge in [-0.1, -0.05) is 5.16 Å². The summed E-state index contributed by atoms with van der Waals surface area (Å²) < 4.78 is 50.3. The van der Waals surface area contributed by atoms with Gasteiger partial charge < -0.3 is 16.3 Å². The second-order valence-corrected chi connectivity index (χ2v) is 3.81. The summed E-state index contributed by atoms with van der Waals surface area (Å²) in [6.07, 6.45) is -3.96. The van der Waals surface area contributed by atoms with Gasteiger partial charge in [0.25, 0.3) is 0 Å². The summed E-state index contributed by atoms with van der Waals surface area (Å²) in [5, 5.41) is 13.7. The number of hydrogen-bond acceptors (Lipinski definition) is 3. The molecule has 4 N–H and O–H groups in total. The van der Waals surface area contributed by atoms with Crippen molar-refractivity contribution in [3.8, 4) is 0 Å². The molecule has 1 rings (SSSR count). The summed E-state index contributed by atoms with van der Waals surface area (Å²) in [4.78, 5) is 0. The summed E-state index contributed by atoms with van der Waals surface area (Å²) in [6, 6.07) is 2.68. The lowest BCUT2D eigenvalue weighted by atomic mass is 10.1. The molecule has 4 nitrogen and oxygen atoms in total. The Morgan fingerprint density at radius 3 is 2.63 bits per heavy atom. The largest absolute Gasteiger partial charge is 0.419 e. The van der Waals surface area contributed by atoms with Crippen LogP contribution in [0.3, 0.4) is 0 Å². The molecule has 0 saturated heterocycles. The van der Waals surface area contributed by atoms with Gasteiger partial charge in [-0.25, -0.2) is 4.39 Å². The van der Waals surface area contributed by atoms with E-state index in [0.717, 1.165) is 6.07 Å². The van der Waals surface area contributed by atoms with Crippen molar-refractivity contribution in [1.82, 2.24) is 0 Å². The summed E-state index contributed by atoms with van der Waals surface area (Å²) in [5.74, 6) is -1.27. The molecule has 19 heavy (non-hydrogen) atoms. The van der Waals surface area contributed by atoms with E-state index in [1.807, 2.05) is 0 Å². The average Bonchev–Trinajstić information content (AvgIpc) is 2.34. The van der Waals surface area contributed by atoms with Crippen LogP contribution >= 0.6 is 0 Å². The lowest BCUT2D eigenvalue weighted by molar-refractivity contribution is -0.139. The fraction of sp³-hybridized carbons (Fsp3) is 0.364. The number of nitrogens with one attached hydrogen (secondary N) is 1. The number of amidine groups is 1. The van der Waals surface area contributed by atoms with Crippen LogP contribution in [-0.4, -0.2) is 17.6 Å². The third-order valence-corrected chi connectivity index (χ3v) is 2.34. The molecule has 0 fully saturated rings. The van der Waals surface area contributed by atoms with Gasteiger partial charge in [-0.05, 0) is 24.6 Å². The van der Waals surface area contributed by atoms with E-state index in [1.165, 1.54) is 6.07 Å². The summed E-state index contributed by atoms with van der Waals surface area (Å²) >= 11 is 0. The molecule has 0 aromatic heterocycles. The molecule has 0 amide bonds. The fourth-order valence-corrected chi connectivity index (χ4v) is 1.40. The maximum absolute atomic E-state index is 13.0. The molecule has 0 bridgehead atoms. The topological polar surface area (TPSA) is 70.6 Å². The Hall–Kier alpha value is -1.99. The molecule has 0 aliphatic heterocycles. The Kier molecular flexibility index (Phi) is 4.96. The first kappa shape index (κ1) is 15.1. The minimum atomic E-state index is -4.73. The SMILES string of the molecule is NC(CCCNc1ccc(F)c(C(F)(F)F)c1)=NO. The van der Waals surface area contributed by atoms with E-state index < -0.39 is 17.6 Å². The molecule has 0 spiro atoms.